The molecule has 0 amide bonds. The second-order valence-corrected chi connectivity index (χ2v) is 22.3. The van der Waals surface area contributed by atoms with E-state index in [4.69, 9.17) is 0 Å². The van der Waals surface area contributed by atoms with Crippen molar-refractivity contribution < 1.29 is 0 Å². The molecule has 0 N–H and O–H groups in total. The van der Waals surface area contributed by atoms with Crippen LogP contribution in [0.25, 0.3) is 75.0 Å². The molecule has 5 heteroatoms. The van der Waals surface area contributed by atoms with Crippen LogP contribution in [0.15, 0.2) is 198 Å². The molecule has 0 unspecified atom stereocenters. The van der Waals surface area contributed by atoms with Crippen molar-refractivity contribution in [2.24, 2.45) is 0 Å². The summed E-state index contributed by atoms with van der Waals surface area (Å²) in [6.07, 6.45) is 0. The van der Waals surface area contributed by atoms with Gasteiger partial charge in [0.2, 0.25) is 0 Å². The SMILES string of the molecule is CC1(C)c2ccccc2-c2ccc(N3c4ccccc4C4(c5cc6c(cc53)c3ccccc3n6-c3cccc(-n5c6ccccc6c6ccccc65)c3)c3cc[se]c3-c3[se]ccc34)cc21. The van der Waals surface area contributed by atoms with Crippen molar-refractivity contribution >= 4 is 89.7 Å². The average Bonchev–Trinajstić information content (AvgIpc) is 4.21. The second-order valence-electron chi connectivity index (χ2n) is 18.5. The third-order valence-electron chi connectivity index (χ3n) is 15.1. The molecular weight excluding hydrogens is 921 g/mol. The summed E-state index contributed by atoms with van der Waals surface area (Å²) in [5.41, 5.74) is 21.5. The van der Waals surface area contributed by atoms with E-state index in [1.165, 1.54) is 105 Å². The van der Waals surface area contributed by atoms with E-state index < -0.39 is 5.41 Å². The third kappa shape index (κ3) is 4.57. The molecule has 3 aliphatic rings. The fourth-order valence-corrected chi connectivity index (χ4v) is 17.2. The van der Waals surface area contributed by atoms with E-state index >= 15 is 0 Å². The summed E-state index contributed by atoms with van der Waals surface area (Å²) in [4.78, 5) is 7.56. The van der Waals surface area contributed by atoms with Crippen molar-refractivity contribution in [1.82, 2.24) is 9.13 Å². The Morgan fingerprint density at radius 2 is 0.908 bits per heavy atom. The summed E-state index contributed by atoms with van der Waals surface area (Å²) in [6, 6.07) is 71.6. The van der Waals surface area contributed by atoms with Crippen LogP contribution >= 0.6 is 0 Å². The summed E-state index contributed by atoms with van der Waals surface area (Å²) >= 11 is 0.624. The van der Waals surface area contributed by atoms with Gasteiger partial charge in [0.25, 0.3) is 0 Å². The maximum absolute atomic E-state index is 2.61. The van der Waals surface area contributed by atoms with Crippen LogP contribution < -0.4 is 4.90 Å². The second kappa shape index (κ2) is 12.9. The molecule has 3 nitrogen and oxygen atoms in total. The normalized spacial score (nSPS) is 14.8. The summed E-state index contributed by atoms with van der Waals surface area (Å²) in [7, 11) is 0. The monoisotopic (exact) mass is 961 g/mol. The van der Waals surface area contributed by atoms with Gasteiger partial charge in [0, 0.05) is 10.8 Å². The molecule has 0 atom stereocenters. The first-order valence-corrected chi connectivity index (χ1v) is 26.2. The molecule has 15 rings (SSSR count). The number of hydrogen-bond acceptors (Lipinski definition) is 1. The van der Waals surface area contributed by atoms with E-state index in [0.717, 1.165) is 11.4 Å². The van der Waals surface area contributed by atoms with Gasteiger partial charge >= 0.3 is 320 Å². The minimum absolute atomic E-state index is 0.120. The quantitative estimate of drug-likeness (QED) is 0.161. The van der Waals surface area contributed by atoms with E-state index in [9.17, 15) is 0 Å². The zero-order valence-corrected chi connectivity index (χ0v) is 39.1. The third-order valence-corrected chi connectivity index (χ3v) is 19.6. The van der Waals surface area contributed by atoms with Gasteiger partial charge in [-0.15, -0.1) is 0 Å². The van der Waals surface area contributed by atoms with Crippen molar-refractivity contribution in [2.45, 2.75) is 24.7 Å². The number of aromatic nitrogens is 2. The van der Waals surface area contributed by atoms with Gasteiger partial charge in [-0.25, -0.2) is 0 Å². The number of para-hydroxylation sites is 4. The van der Waals surface area contributed by atoms with Crippen LogP contribution in [0.3, 0.4) is 0 Å². The van der Waals surface area contributed by atoms with E-state index in [1.807, 2.05) is 0 Å². The van der Waals surface area contributed by atoms with E-state index in [1.54, 1.807) is 8.87 Å². The van der Waals surface area contributed by atoms with Gasteiger partial charge in [0.1, 0.15) is 0 Å². The van der Waals surface area contributed by atoms with Crippen molar-refractivity contribution in [2.75, 3.05) is 4.90 Å². The van der Waals surface area contributed by atoms with Crippen LogP contribution in [0.5, 0.6) is 0 Å². The van der Waals surface area contributed by atoms with Crippen LogP contribution in [0, 0.1) is 0 Å². The van der Waals surface area contributed by atoms with Crippen molar-refractivity contribution in [3.63, 3.8) is 0 Å². The zero-order valence-electron chi connectivity index (χ0n) is 35.7. The minimum atomic E-state index is -0.427. The average molecular weight is 960 g/mol. The summed E-state index contributed by atoms with van der Waals surface area (Å²) in [6.45, 7) is 4.79. The predicted molar refractivity (Wildman–Crippen MR) is 272 cm³/mol. The molecular formula is C60H39N3Se2. The van der Waals surface area contributed by atoms with E-state index in [2.05, 4.69) is 226 Å². The van der Waals surface area contributed by atoms with Gasteiger partial charge < -0.3 is 0 Å². The Kier molecular flexibility index (Phi) is 7.25. The number of fused-ring (bicyclic) bond motifs is 18. The van der Waals surface area contributed by atoms with E-state index in [0.29, 0.717) is 29.0 Å². The van der Waals surface area contributed by atoms with Crippen LogP contribution in [0.2, 0.25) is 0 Å². The Morgan fingerprint density at radius 3 is 1.58 bits per heavy atom. The van der Waals surface area contributed by atoms with Gasteiger partial charge in [-0.2, -0.15) is 0 Å². The van der Waals surface area contributed by atoms with Crippen LogP contribution in [0.4, 0.5) is 17.1 Å². The van der Waals surface area contributed by atoms with Gasteiger partial charge in [-0.1, -0.05) is 48.5 Å². The predicted octanol–water partition coefficient (Wildman–Crippen LogP) is 14.4. The van der Waals surface area contributed by atoms with Crippen molar-refractivity contribution in [3.05, 3.63) is 231 Å². The molecule has 65 heavy (non-hydrogen) atoms. The van der Waals surface area contributed by atoms with Gasteiger partial charge in [0.15, 0.2) is 0 Å². The van der Waals surface area contributed by atoms with Gasteiger partial charge in [0.05, 0.1) is 0 Å². The first-order chi connectivity index (χ1) is 32.0. The fraction of sp³-hybridized carbons (Fsp3) is 0.0667. The fourth-order valence-electron chi connectivity index (χ4n) is 12.4. The molecule has 0 radical (unpaired) electrons. The molecule has 1 aliphatic heterocycles. The van der Waals surface area contributed by atoms with Crippen LogP contribution in [-0.4, -0.2) is 38.1 Å². The van der Waals surface area contributed by atoms with Crippen LogP contribution in [0.1, 0.15) is 47.2 Å². The Bertz CT molecular complexity index is 3930. The molecule has 0 saturated carbocycles. The number of anilines is 3. The Labute approximate surface area is 388 Å². The number of hydrogen-bond donors (Lipinski definition) is 0. The standard InChI is InChI=1S/C60H39N3Se2/c1-59(2)45-20-7-3-16-39(45)40-27-26-38(33-49(40)59)63-54-25-12-8-21-46(54)60(47-28-30-64-57(47)58-48(60)29-31-65-58)50-35-55-44(34-56(50)63)43-19-6-11-24-53(43)62(55)37-15-13-14-36(32-37)61-51-22-9-4-17-41(51)42-18-5-10-23-52(42)61/h3-35H,1-2H3. The zero-order chi connectivity index (χ0) is 42.8. The molecule has 2 aliphatic carbocycles. The molecule has 306 valence electrons. The molecule has 4 aromatic heterocycles. The van der Waals surface area contributed by atoms with E-state index in [-0.39, 0.29) is 5.41 Å². The molecule has 0 bridgehead atoms. The van der Waals surface area contributed by atoms with Crippen LogP contribution in [-0.2, 0) is 10.8 Å². The Morgan fingerprint density at radius 1 is 0.354 bits per heavy atom. The molecule has 1 spiro atoms. The van der Waals surface area contributed by atoms with Crippen molar-refractivity contribution in [3.8, 4) is 31.4 Å². The topological polar surface area (TPSA) is 13.1 Å². The molecule has 8 aromatic carbocycles. The summed E-state index contributed by atoms with van der Waals surface area (Å²) in [5.74, 6) is 0. The van der Waals surface area contributed by atoms with Crippen molar-refractivity contribution in [1.29, 1.82) is 0 Å². The Hall–Kier alpha value is -6.84. The number of rotatable bonds is 3. The maximum atomic E-state index is 2.61. The van der Waals surface area contributed by atoms with Gasteiger partial charge in [-0.05, 0) is 12.1 Å². The first-order valence-electron chi connectivity index (χ1n) is 22.5. The molecule has 5 heterocycles. The number of benzene rings is 8. The summed E-state index contributed by atoms with van der Waals surface area (Å²) < 4.78 is 8.18. The summed E-state index contributed by atoms with van der Waals surface area (Å²) in [5, 5.41) is 5.05. The number of nitrogens with zero attached hydrogens (tertiary/aromatic N) is 3. The molecule has 12 aromatic rings. The molecule has 0 saturated heterocycles. The first kappa shape index (κ1) is 36.5. The Balaban J connectivity index is 1.04. The molecule has 0 fully saturated rings. The van der Waals surface area contributed by atoms with Gasteiger partial charge in [-0.3, -0.25) is 0 Å².